The molecule has 6 heteroatoms. The van der Waals surface area contributed by atoms with Crippen molar-refractivity contribution in [3.8, 4) is 5.69 Å². The highest BCUT2D eigenvalue weighted by Gasteiger charge is 2.38. The van der Waals surface area contributed by atoms with Crippen molar-refractivity contribution in [1.29, 1.82) is 5.41 Å². The number of ketones is 1. The molecule has 1 aliphatic heterocycles. The summed E-state index contributed by atoms with van der Waals surface area (Å²) in [4.78, 5) is 17.8. The van der Waals surface area contributed by atoms with Crippen molar-refractivity contribution in [3.63, 3.8) is 0 Å². The highest BCUT2D eigenvalue weighted by atomic mass is 32.2. The topological polar surface area (TPSA) is 58.7 Å². The number of aryl methyl sites for hydroxylation is 2. The number of benzene rings is 1. The largest absolute Gasteiger partial charge is 0.318 e. The van der Waals surface area contributed by atoms with Crippen molar-refractivity contribution < 1.29 is 4.79 Å². The number of Topliss-reactive ketones (excluding diaryl/α,β-unsaturated/α-hetero) is 1. The van der Waals surface area contributed by atoms with Crippen LogP contribution in [-0.4, -0.2) is 20.4 Å². The Morgan fingerprint density at radius 1 is 1.21 bits per heavy atom. The van der Waals surface area contributed by atoms with E-state index in [1.807, 2.05) is 11.5 Å². The van der Waals surface area contributed by atoms with Crippen molar-refractivity contribution in [2.24, 2.45) is 0 Å². The second-order valence-electron chi connectivity index (χ2n) is 7.02. The smallest absolute Gasteiger partial charge is 0.186 e. The van der Waals surface area contributed by atoms with Crippen molar-refractivity contribution >= 4 is 40.0 Å². The van der Waals surface area contributed by atoms with Crippen molar-refractivity contribution in [2.45, 2.75) is 33.6 Å². The Hall–Kier alpha value is -2.44. The minimum Gasteiger partial charge on any atom is -0.318 e. The first-order valence-corrected chi connectivity index (χ1v) is 10.7. The van der Waals surface area contributed by atoms with Crippen LogP contribution in [0.3, 0.4) is 0 Å². The molecule has 1 saturated heterocycles. The van der Waals surface area contributed by atoms with Crippen LogP contribution in [0.4, 0.5) is 0 Å². The predicted molar refractivity (Wildman–Crippen MR) is 118 cm³/mol. The van der Waals surface area contributed by atoms with Gasteiger partial charge < -0.3 is 4.57 Å². The third-order valence-corrected chi connectivity index (χ3v) is 7.09. The van der Waals surface area contributed by atoms with Gasteiger partial charge in [-0.1, -0.05) is 23.9 Å². The second kappa shape index (κ2) is 7.18. The number of aromatic nitrogens is 2. The summed E-state index contributed by atoms with van der Waals surface area (Å²) in [5.74, 6) is -0.569. The lowest BCUT2D eigenvalue weighted by Gasteiger charge is -2.14. The lowest BCUT2D eigenvalue weighted by atomic mass is 10.1. The quantitative estimate of drug-likeness (QED) is 0.576. The number of hydrogen-bond donors (Lipinski definition) is 1. The Morgan fingerprint density at radius 2 is 2.00 bits per heavy atom. The Bertz CT molecular complexity index is 1120. The van der Waals surface area contributed by atoms with Crippen LogP contribution in [0.15, 0.2) is 40.7 Å². The highest BCUT2D eigenvalue weighted by molar-refractivity contribution is 8.19. The SMILES string of the molecule is Cc1cccc(-n2c(C)cc(/C=C3\SC(=N)[C@H](c4nccs4)C3=O)c2C)c1C. The van der Waals surface area contributed by atoms with Gasteiger partial charge in [0, 0.05) is 28.7 Å². The van der Waals surface area contributed by atoms with Crippen molar-refractivity contribution in [3.05, 3.63) is 73.8 Å². The summed E-state index contributed by atoms with van der Waals surface area (Å²) in [7, 11) is 0. The Morgan fingerprint density at radius 3 is 2.71 bits per heavy atom. The number of thioether (sulfide) groups is 1. The van der Waals surface area contributed by atoms with Gasteiger partial charge in [-0.25, -0.2) is 4.98 Å². The van der Waals surface area contributed by atoms with E-state index in [4.69, 9.17) is 5.41 Å². The molecule has 3 heterocycles. The minimum absolute atomic E-state index is 0.0264. The summed E-state index contributed by atoms with van der Waals surface area (Å²) in [5.41, 5.74) is 6.91. The standard InChI is InChI=1S/C22H21N3OS2/c1-12-6-5-7-17(14(12)3)25-13(2)10-16(15(25)4)11-18-20(26)19(21(23)28-18)22-24-8-9-27-22/h5-11,19,23H,1-4H3/b18-11-,23-21?/t19-/m1/s1. The van der Waals surface area contributed by atoms with Gasteiger partial charge in [0.05, 0.1) is 9.95 Å². The van der Waals surface area contributed by atoms with E-state index in [0.717, 1.165) is 17.0 Å². The van der Waals surface area contributed by atoms with Gasteiger partial charge in [0.2, 0.25) is 0 Å². The predicted octanol–water partition coefficient (Wildman–Crippen LogP) is 5.59. The normalized spacial score (nSPS) is 18.4. The zero-order chi connectivity index (χ0) is 20.0. The number of carbonyl (C=O) groups is 1. The number of carbonyl (C=O) groups excluding carboxylic acids is 1. The molecule has 0 bridgehead atoms. The van der Waals surface area contributed by atoms with Gasteiger partial charge in [0.1, 0.15) is 10.9 Å². The summed E-state index contributed by atoms with van der Waals surface area (Å²) >= 11 is 2.68. The maximum Gasteiger partial charge on any atom is 0.186 e. The molecular weight excluding hydrogens is 386 g/mol. The minimum atomic E-state index is -0.543. The van der Waals surface area contributed by atoms with Crippen LogP contribution >= 0.6 is 23.1 Å². The zero-order valence-electron chi connectivity index (χ0n) is 16.2. The molecular formula is C22H21N3OS2. The fourth-order valence-electron chi connectivity index (χ4n) is 3.61. The van der Waals surface area contributed by atoms with Gasteiger partial charge >= 0.3 is 0 Å². The van der Waals surface area contributed by atoms with E-state index in [1.165, 1.54) is 39.9 Å². The summed E-state index contributed by atoms with van der Waals surface area (Å²) in [5, 5.41) is 11.2. The molecule has 1 fully saturated rings. The Kier molecular flexibility index (Phi) is 4.85. The number of thiazole rings is 1. The Labute approximate surface area is 172 Å². The number of rotatable bonds is 3. The Balaban J connectivity index is 1.75. The molecule has 0 aliphatic carbocycles. The molecule has 1 aromatic carbocycles. The fraction of sp³-hybridized carbons (Fsp3) is 0.227. The van der Waals surface area contributed by atoms with Gasteiger partial charge in [-0.3, -0.25) is 10.2 Å². The van der Waals surface area contributed by atoms with Crippen LogP contribution in [-0.2, 0) is 4.79 Å². The number of nitrogens with zero attached hydrogens (tertiary/aromatic N) is 2. The van der Waals surface area contributed by atoms with Crippen LogP contribution in [0.2, 0.25) is 0 Å². The first-order valence-electron chi connectivity index (χ1n) is 9.05. The highest BCUT2D eigenvalue weighted by Crippen LogP contribution is 2.41. The van der Waals surface area contributed by atoms with Gasteiger partial charge in [-0.05, 0) is 62.6 Å². The van der Waals surface area contributed by atoms with Gasteiger partial charge in [-0.2, -0.15) is 0 Å². The summed E-state index contributed by atoms with van der Waals surface area (Å²) in [6, 6.07) is 8.43. The fourth-order valence-corrected chi connectivity index (χ4v) is 5.41. The molecule has 0 saturated carbocycles. The molecule has 4 rings (SSSR count). The molecule has 0 spiro atoms. The van der Waals surface area contributed by atoms with E-state index < -0.39 is 5.92 Å². The molecule has 4 nitrogen and oxygen atoms in total. The lowest BCUT2D eigenvalue weighted by molar-refractivity contribution is -0.114. The molecule has 28 heavy (non-hydrogen) atoms. The maximum atomic E-state index is 12.9. The molecule has 0 unspecified atom stereocenters. The number of allylic oxidation sites excluding steroid dienone is 1. The average Bonchev–Trinajstić information content (AvgIpc) is 3.32. The first-order chi connectivity index (χ1) is 13.4. The van der Waals surface area contributed by atoms with E-state index in [9.17, 15) is 4.79 Å². The van der Waals surface area contributed by atoms with Crippen LogP contribution in [0.25, 0.3) is 11.8 Å². The number of nitrogens with one attached hydrogen (secondary N) is 1. The number of hydrogen-bond acceptors (Lipinski definition) is 5. The monoisotopic (exact) mass is 407 g/mol. The van der Waals surface area contributed by atoms with E-state index in [-0.39, 0.29) is 5.78 Å². The van der Waals surface area contributed by atoms with Crippen LogP contribution in [0, 0.1) is 33.1 Å². The summed E-state index contributed by atoms with van der Waals surface area (Å²) in [6.07, 6.45) is 3.61. The van der Waals surface area contributed by atoms with Crippen LogP contribution < -0.4 is 0 Å². The molecule has 1 atom stereocenters. The molecule has 3 aromatic rings. The van der Waals surface area contributed by atoms with Gasteiger partial charge in [0.25, 0.3) is 0 Å². The van der Waals surface area contributed by atoms with E-state index in [2.05, 4.69) is 61.5 Å². The van der Waals surface area contributed by atoms with Crippen LogP contribution in [0.1, 0.15) is 39.0 Å². The zero-order valence-corrected chi connectivity index (χ0v) is 17.9. The summed E-state index contributed by atoms with van der Waals surface area (Å²) < 4.78 is 2.24. The molecule has 0 radical (unpaired) electrons. The van der Waals surface area contributed by atoms with E-state index >= 15 is 0 Å². The summed E-state index contributed by atoms with van der Waals surface area (Å²) in [6.45, 7) is 8.42. The molecule has 1 aliphatic rings. The molecule has 1 N–H and O–H groups in total. The average molecular weight is 408 g/mol. The van der Waals surface area contributed by atoms with Gasteiger partial charge in [-0.15, -0.1) is 11.3 Å². The van der Waals surface area contributed by atoms with Crippen LogP contribution in [0.5, 0.6) is 0 Å². The lowest BCUT2D eigenvalue weighted by Crippen LogP contribution is -2.11. The maximum absolute atomic E-state index is 12.9. The molecule has 0 amide bonds. The first kappa shape index (κ1) is 18.9. The van der Waals surface area contributed by atoms with E-state index in [0.29, 0.717) is 15.0 Å². The van der Waals surface area contributed by atoms with E-state index in [1.54, 1.807) is 6.20 Å². The van der Waals surface area contributed by atoms with Crippen molar-refractivity contribution in [1.82, 2.24) is 9.55 Å². The third kappa shape index (κ3) is 3.06. The van der Waals surface area contributed by atoms with Crippen molar-refractivity contribution in [2.75, 3.05) is 0 Å². The third-order valence-electron chi connectivity index (χ3n) is 5.26. The van der Waals surface area contributed by atoms with Gasteiger partial charge in [0.15, 0.2) is 5.78 Å². The molecule has 142 valence electrons. The second-order valence-corrected chi connectivity index (χ2v) is 9.03. The molecule has 2 aromatic heterocycles.